The lowest BCUT2D eigenvalue weighted by molar-refractivity contribution is -0.385. The van der Waals surface area contributed by atoms with Crippen LogP contribution in [0.25, 0.3) is 4.96 Å². The van der Waals surface area contributed by atoms with Crippen molar-refractivity contribution in [3.8, 4) is 11.5 Å². The Morgan fingerprint density at radius 1 is 1.33 bits per heavy atom. The topological polar surface area (TPSA) is 109 Å². The molecule has 1 aromatic carbocycles. The number of methoxy groups -OCH3 is 1. The maximum absolute atomic E-state index is 11.8. The van der Waals surface area contributed by atoms with Gasteiger partial charge in [-0.1, -0.05) is 11.3 Å². The monoisotopic (exact) mass is 348 g/mol. The first-order chi connectivity index (χ1) is 11.5. The van der Waals surface area contributed by atoms with Gasteiger partial charge in [0.25, 0.3) is 11.2 Å². The molecule has 3 rings (SSSR count). The van der Waals surface area contributed by atoms with E-state index in [-0.39, 0.29) is 23.6 Å². The van der Waals surface area contributed by atoms with Gasteiger partial charge in [-0.25, -0.2) is 4.98 Å². The van der Waals surface area contributed by atoms with E-state index in [1.807, 2.05) is 0 Å². The maximum atomic E-state index is 11.8. The van der Waals surface area contributed by atoms with E-state index in [9.17, 15) is 14.9 Å². The van der Waals surface area contributed by atoms with Gasteiger partial charge in [0, 0.05) is 17.8 Å². The zero-order valence-corrected chi connectivity index (χ0v) is 13.6. The summed E-state index contributed by atoms with van der Waals surface area (Å²) in [7, 11) is 1.44. The van der Waals surface area contributed by atoms with E-state index in [4.69, 9.17) is 9.47 Å². The molecule has 10 heteroatoms. The second-order valence-electron chi connectivity index (χ2n) is 4.81. The molecule has 9 nitrogen and oxygen atoms in total. The fraction of sp³-hybridized carbons (Fsp3) is 0.214. The maximum Gasteiger partial charge on any atom is 0.275 e. The molecule has 0 radical (unpaired) electrons. The Labute approximate surface area is 139 Å². The van der Waals surface area contributed by atoms with E-state index < -0.39 is 4.92 Å². The lowest BCUT2D eigenvalue weighted by atomic mass is 10.3. The highest BCUT2D eigenvalue weighted by Gasteiger charge is 2.14. The largest absolute Gasteiger partial charge is 0.493 e. The van der Waals surface area contributed by atoms with E-state index in [1.165, 1.54) is 47.2 Å². The summed E-state index contributed by atoms with van der Waals surface area (Å²) in [5.74, 6) is 0.593. The minimum absolute atomic E-state index is 0.0318. The number of nitro groups is 1. The summed E-state index contributed by atoms with van der Waals surface area (Å²) in [6, 6.07) is 5.46. The summed E-state index contributed by atoms with van der Waals surface area (Å²) >= 11 is 1.21. The molecule has 0 saturated heterocycles. The first-order valence-electron chi connectivity index (χ1n) is 6.79. The molecule has 24 heavy (non-hydrogen) atoms. The SMILES string of the molecule is COc1ccc([N+](=O)[O-])cc1OCc1nn2c(=O)cc(C)nc2s1. The normalized spacial score (nSPS) is 10.8. The molecule has 0 spiro atoms. The molecular weight excluding hydrogens is 336 g/mol. The fourth-order valence-corrected chi connectivity index (χ4v) is 2.91. The van der Waals surface area contributed by atoms with Gasteiger partial charge in [0.05, 0.1) is 18.1 Å². The molecule has 3 aromatic rings. The van der Waals surface area contributed by atoms with Crippen LogP contribution >= 0.6 is 11.3 Å². The number of aryl methyl sites for hydroxylation is 1. The van der Waals surface area contributed by atoms with E-state index in [0.717, 1.165) is 0 Å². The summed E-state index contributed by atoms with van der Waals surface area (Å²) in [5.41, 5.74) is 0.230. The van der Waals surface area contributed by atoms with E-state index in [1.54, 1.807) is 6.92 Å². The van der Waals surface area contributed by atoms with Crippen molar-refractivity contribution >= 4 is 22.0 Å². The zero-order valence-electron chi connectivity index (χ0n) is 12.8. The number of fused-ring (bicyclic) bond motifs is 1. The number of nitro benzene ring substituents is 1. The van der Waals surface area contributed by atoms with Gasteiger partial charge in [0.15, 0.2) is 16.5 Å². The smallest absolute Gasteiger partial charge is 0.275 e. The quantitative estimate of drug-likeness (QED) is 0.512. The minimum Gasteiger partial charge on any atom is -0.493 e. The summed E-state index contributed by atoms with van der Waals surface area (Å²) in [5, 5.41) is 15.5. The molecule has 0 amide bonds. The molecule has 0 N–H and O–H groups in total. The average Bonchev–Trinajstić information content (AvgIpc) is 2.95. The lowest BCUT2D eigenvalue weighted by Crippen LogP contribution is -2.14. The number of benzene rings is 1. The molecule has 0 atom stereocenters. The van der Waals surface area contributed by atoms with Crippen molar-refractivity contribution in [2.45, 2.75) is 13.5 Å². The van der Waals surface area contributed by atoms with Gasteiger partial charge in [0.2, 0.25) is 4.96 Å². The number of ether oxygens (including phenoxy) is 2. The summed E-state index contributed by atoms with van der Waals surface area (Å²) < 4.78 is 11.9. The number of hydrogen-bond donors (Lipinski definition) is 0. The van der Waals surface area contributed by atoms with Crippen molar-refractivity contribution in [2.24, 2.45) is 0 Å². The molecule has 0 aliphatic rings. The molecule has 0 bridgehead atoms. The Morgan fingerprint density at radius 2 is 2.12 bits per heavy atom. The molecule has 0 aliphatic carbocycles. The van der Waals surface area contributed by atoms with Crippen LogP contribution in [0.3, 0.4) is 0 Å². The van der Waals surface area contributed by atoms with Gasteiger partial charge in [-0.15, -0.1) is 0 Å². The molecular formula is C14H12N4O5S. The van der Waals surface area contributed by atoms with Crippen LogP contribution in [0.15, 0.2) is 29.1 Å². The Bertz CT molecular complexity index is 981. The molecule has 0 aliphatic heterocycles. The Morgan fingerprint density at radius 3 is 2.83 bits per heavy atom. The van der Waals surface area contributed by atoms with Crippen molar-refractivity contribution in [1.29, 1.82) is 0 Å². The highest BCUT2D eigenvalue weighted by Crippen LogP contribution is 2.31. The van der Waals surface area contributed by atoms with Crippen LogP contribution in [-0.4, -0.2) is 26.6 Å². The van der Waals surface area contributed by atoms with Gasteiger partial charge in [-0.3, -0.25) is 14.9 Å². The van der Waals surface area contributed by atoms with E-state index >= 15 is 0 Å². The standard InChI is InChI=1S/C14H12N4O5S/c1-8-5-13(19)17-14(15-8)24-12(16-17)7-23-11-6-9(18(20)21)3-4-10(11)22-2/h3-6H,7H2,1-2H3. The minimum atomic E-state index is -0.518. The Balaban J connectivity index is 1.88. The molecule has 0 fully saturated rings. The molecule has 0 saturated carbocycles. The van der Waals surface area contributed by atoms with E-state index in [0.29, 0.717) is 21.4 Å². The highest BCUT2D eigenvalue weighted by molar-refractivity contribution is 7.16. The zero-order chi connectivity index (χ0) is 17.3. The highest BCUT2D eigenvalue weighted by atomic mass is 32.1. The van der Waals surface area contributed by atoms with Crippen molar-refractivity contribution < 1.29 is 14.4 Å². The van der Waals surface area contributed by atoms with Crippen LogP contribution < -0.4 is 15.0 Å². The second kappa shape index (κ2) is 6.24. The van der Waals surface area contributed by atoms with Crippen molar-refractivity contribution in [2.75, 3.05) is 7.11 Å². The van der Waals surface area contributed by atoms with Crippen molar-refractivity contribution in [1.82, 2.24) is 14.6 Å². The third kappa shape index (κ3) is 3.04. The summed E-state index contributed by atoms with van der Waals surface area (Å²) in [6.07, 6.45) is 0. The first-order valence-corrected chi connectivity index (χ1v) is 7.61. The fourth-order valence-electron chi connectivity index (χ4n) is 2.05. The van der Waals surface area contributed by atoms with Gasteiger partial charge < -0.3 is 9.47 Å². The van der Waals surface area contributed by atoms with Gasteiger partial charge in [-0.05, 0) is 13.0 Å². The van der Waals surface area contributed by atoms with Gasteiger partial charge in [0.1, 0.15) is 6.61 Å². The number of hydrogen-bond acceptors (Lipinski definition) is 8. The van der Waals surface area contributed by atoms with Crippen molar-refractivity contribution in [3.63, 3.8) is 0 Å². The second-order valence-corrected chi connectivity index (χ2v) is 5.85. The van der Waals surface area contributed by atoms with Crippen LogP contribution in [0.2, 0.25) is 0 Å². The predicted molar refractivity (Wildman–Crippen MR) is 85.9 cm³/mol. The van der Waals surface area contributed by atoms with Gasteiger partial charge in [-0.2, -0.15) is 9.61 Å². The average molecular weight is 348 g/mol. The Hall–Kier alpha value is -3.01. The predicted octanol–water partition coefficient (Wildman–Crippen LogP) is 1.96. The molecule has 0 unspecified atom stereocenters. The van der Waals surface area contributed by atoms with E-state index in [2.05, 4.69) is 10.1 Å². The number of nitrogens with zero attached hydrogens (tertiary/aromatic N) is 4. The van der Waals surface area contributed by atoms with Crippen LogP contribution in [0.4, 0.5) is 5.69 Å². The Kier molecular flexibility index (Phi) is 4.13. The van der Waals surface area contributed by atoms with Crippen LogP contribution in [0, 0.1) is 17.0 Å². The number of non-ortho nitro benzene ring substituents is 1. The lowest BCUT2D eigenvalue weighted by Gasteiger charge is -2.08. The molecule has 2 heterocycles. The summed E-state index contributed by atoms with van der Waals surface area (Å²) in [6.45, 7) is 1.76. The third-order valence-corrected chi connectivity index (χ3v) is 4.01. The van der Waals surface area contributed by atoms with Crippen LogP contribution in [0.5, 0.6) is 11.5 Å². The van der Waals surface area contributed by atoms with Crippen LogP contribution in [-0.2, 0) is 6.61 Å². The third-order valence-electron chi connectivity index (χ3n) is 3.12. The van der Waals surface area contributed by atoms with Crippen molar-refractivity contribution in [3.05, 3.63) is 55.4 Å². The number of rotatable bonds is 5. The van der Waals surface area contributed by atoms with Crippen LogP contribution in [0.1, 0.15) is 10.7 Å². The first kappa shape index (κ1) is 15.9. The molecule has 2 aromatic heterocycles. The van der Waals surface area contributed by atoms with Gasteiger partial charge >= 0.3 is 0 Å². The summed E-state index contributed by atoms with van der Waals surface area (Å²) in [4.78, 5) is 26.9. The number of aromatic nitrogens is 3. The molecule has 124 valence electrons.